The van der Waals surface area contributed by atoms with Gasteiger partial charge in [-0.05, 0) is 16.2 Å². The van der Waals surface area contributed by atoms with E-state index in [0.717, 1.165) is 16.9 Å². The van der Waals surface area contributed by atoms with E-state index in [0.29, 0.717) is 4.88 Å². The summed E-state index contributed by atoms with van der Waals surface area (Å²) in [7, 11) is 0. The molecule has 0 radical (unpaired) electrons. The summed E-state index contributed by atoms with van der Waals surface area (Å²) in [6.07, 6.45) is 0. The van der Waals surface area contributed by atoms with Crippen molar-refractivity contribution in [2.24, 2.45) is 5.11 Å². The van der Waals surface area contributed by atoms with Crippen LogP contribution in [0.5, 0.6) is 0 Å². The van der Waals surface area contributed by atoms with E-state index >= 15 is 0 Å². The Hall–Kier alpha value is -2.37. The van der Waals surface area contributed by atoms with Gasteiger partial charge in [0.15, 0.2) is 10.8 Å². The third-order valence-corrected chi connectivity index (χ3v) is 2.97. The van der Waals surface area contributed by atoms with E-state index in [-0.39, 0.29) is 10.8 Å². The largest absolute Gasteiger partial charge is 0.476 e. The fourth-order valence-electron chi connectivity index (χ4n) is 1.32. The summed E-state index contributed by atoms with van der Waals surface area (Å²) >= 11 is 1.05. The molecule has 2 aromatic rings. The fraction of sp³-hybridized carbons (Fsp3) is 0. The second kappa shape index (κ2) is 4.65. The van der Waals surface area contributed by atoms with E-state index in [1.807, 2.05) is 6.07 Å². The molecule has 0 unspecified atom stereocenters. The molecule has 0 saturated carbocycles. The van der Waals surface area contributed by atoms with Crippen LogP contribution in [-0.4, -0.2) is 16.1 Å². The van der Waals surface area contributed by atoms with Crippen LogP contribution >= 0.6 is 11.3 Å². The van der Waals surface area contributed by atoms with Crippen molar-refractivity contribution in [3.63, 3.8) is 0 Å². The summed E-state index contributed by atoms with van der Waals surface area (Å²) < 4.78 is 0. The zero-order chi connectivity index (χ0) is 12.3. The first-order valence-electron chi connectivity index (χ1n) is 4.57. The number of aromatic carboxylic acids is 1. The van der Waals surface area contributed by atoms with Gasteiger partial charge in [0.1, 0.15) is 0 Å². The maximum Gasteiger partial charge on any atom is 0.356 e. The van der Waals surface area contributed by atoms with Crippen LogP contribution in [0.4, 0.5) is 5.13 Å². The van der Waals surface area contributed by atoms with Crippen molar-refractivity contribution < 1.29 is 9.90 Å². The Bertz CT molecular complexity index is 602. The molecular formula is C10H6N4O2S. The molecule has 0 bridgehead atoms. The summed E-state index contributed by atoms with van der Waals surface area (Å²) in [5.41, 5.74) is 8.95. The SMILES string of the molecule is [N-]=[N+]=Nc1nc(C(=O)O)c(-c2ccccc2)s1. The fourth-order valence-corrected chi connectivity index (χ4v) is 2.20. The zero-order valence-corrected chi connectivity index (χ0v) is 9.26. The third-order valence-electron chi connectivity index (χ3n) is 1.98. The van der Waals surface area contributed by atoms with Gasteiger partial charge < -0.3 is 5.11 Å². The van der Waals surface area contributed by atoms with Crippen molar-refractivity contribution >= 4 is 22.4 Å². The summed E-state index contributed by atoms with van der Waals surface area (Å²) in [5.74, 6) is -1.14. The normalized spacial score (nSPS) is 9.65. The molecule has 0 fully saturated rings. The molecule has 0 spiro atoms. The number of hydrogen-bond acceptors (Lipinski definition) is 4. The zero-order valence-electron chi connectivity index (χ0n) is 8.44. The van der Waals surface area contributed by atoms with Gasteiger partial charge in [0.05, 0.1) is 4.88 Å². The molecule has 0 amide bonds. The second-order valence-electron chi connectivity index (χ2n) is 3.03. The number of rotatable bonds is 3. The van der Waals surface area contributed by atoms with Crippen molar-refractivity contribution in [1.29, 1.82) is 0 Å². The van der Waals surface area contributed by atoms with Crippen LogP contribution in [0.3, 0.4) is 0 Å². The van der Waals surface area contributed by atoms with Crippen molar-refractivity contribution in [3.8, 4) is 10.4 Å². The van der Waals surface area contributed by atoms with Crippen LogP contribution in [0.2, 0.25) is 0 Å². The molecule has 7 heteroatoms. The highest BCUT2D eigenvalue weighted by atomic mass is 32.1. The number of carboxylic acids is 1. The van der Waals surface area contributed by atoms with Gasteiger partial charge in [-0.2, -0.15) is 0 Å². The van der Waals surface area contributed by atoms with Gasteiger partial charge in [0, 0.05) is 4.91 Å². The topological polar surface area (TPSA) is 99.0 Å². The van der Waals surface area contributed by atoms with E-state index in [1.54, 1.807) is 24.3 Å². The lowest BCUT2D eigenvalue weighted by atomic mass is 10.1. The molecule has 6 nitrogen and oxygen atoms in total. The van der Waals surface area contributed by atoms with E-state index in [4.69, 9.17) is 10.6 Å². The monoisotopic (exact) mass is 246 g/mol. The number of carbonyl (C=O) groups is 1. The average Bonchev–Trinajstić information content (AvgIpc) is 2.75. The van der Waals surface area contributed by atoms with Gasteiger partial charge in [-0.15, -0.1) is 11.3 Å². The number of carboxylic acid groups (broad SMARTS) is 1. The molecule has 0 saturated heterocycles. The van der Waals surface area contributed by atoms with Crippen LogP contribution in [-0.2, 0) is 0 Å². The minimum Gasteiger partial charge on any atom is -0.476 e. The Kier molecular flexibility index (Phi) is 3.04. The molecule has 1 N–H and O–H groups in total. The molecule has 0 aliphatic heterocycles. The predicted octanol–water partition coefficient (Wildman–Crippen LogP) is 3.45. The Morgan fingerprint density at radius 3 is 2.71 bits per heavy atom. The highest BCUT2D eigenvalue weighted by molar-refractivity contribution is 7.19. The minimum absolute atomic E-state index is 0.0939. The second-order valence-corrected chi connectivity index (χ2v) is 4.01. The maximum absolute atomic E-state index is 11.0. The number of nitrogens with zero attached hydrogens (tertiary/aromatic N) is 4. The maximum atomic E-state index is 11.0. The lowest BCUT2D eigenvalue weighted by molar-refractivity contribution is 0.0692. The van der Waals surface area contributed by atoms with Crippen LogP contribution in [0.15, 0.2) is 35.4 Å². The van der Waals surface area contributed by atoms with Gasteiger partial charge >= 0.3 is 5.97 Å². The number of benzene rings is 1. The van der Waals surface area contributed by atoms with Crippen LogP contribution in [0, 0.1) is 0 Å². The Morgan fingerprint density at radius 2 is 2.12 bits per heavy atom. The summed E-state index contributed by atoms with van der Waals surface area (Å²) in [5, 5.41) is 12.4. The van der Waals surface area contributed by atoms with E-state index in [2.05, 4.69) is 15.0 Å². The molecule has 17 heavy (non-hydrogen) atoms. The number of azide groups is 1. The van der Waals surface area contributed by atoms with Gasteiger partial charge in [-0.1, -0.05) is 30.3 Å². The van der Waals surface area contributed by atoms with Crippen molar-refractivity contribution in [3.05, 3.63) is 46.5 Å². The van der Waals surface area contributed by atoms with Crippen molar-refractivity contribution in [2.45, 2.75) is 0 Å². The van der Waals surface area contributed by atoms with E-state index in [1.165, 1.54) is 0 Å². The first-order chi connectivity index (χ1) is 8.22. The summed E-state index contributed by atoms with van der Waals surface area (Å²) in [4.78, 5) is 17.9. The smallest absolute Gasteiger partial charge is 0.356 e. The molecule has 1 aromatic heterocycles. The van der Waals surface area contributed by atoms with E-state index in [9.17, 15) is 4.79 Å². The lowest BCUT2D eigenvalue weighted by Crippen LogP contribution is -1.98. The van der Waals surface area contributed by atoms with Crippen molar-refractivity contribution in [1.82, 2.24) is 4.98 Å². The summed E-state index contributed by atoms with van der Waals surface area (Å²) in [6, 6.07) is 8.99. The standard InChI is InChI=1S/C10H6N4O2S/c11-14-13-10-12-7(9(15)16)8(17-10)6-4-2-1-3-5-6/h1-5H,(H,15,16). The van der Waals surface area contributed by atoms with Crippen molar-refractivity contribution in [2.75, 3.05) is 0 Å². The lowest BCUT2D eigenvalue weighted by Gasteiger charge is -1.97. The number of hydrogen-bond donors (Lipinski definition) is 1. The molecule has 0 aliphatic carbocycles. The van der Waals surface area contributed by atoms with Gasteiger partial charge in [0.2, 0.25) is 0 Å². The first kappa shape index (κ1) is 11.1. The Labute approximate surface area is 99.8 Å². The number of aromatic nitrogens is 1. The van der Waals surface area contributed by atoms with Gasteiger partial charge in [-0.3, -0.25) is 0 Å². The molecule has 1 aromatic carbocycles. The van der Waals surface area contributed by atoms with Gasteiger partial charge in [-0.25, -0.2) is 9.78 Å². The molecule has 2 rings (SSSR count). The van der Waals surface area contributed by atoms with Crippen LogP contribution < -0.4 is 0 Å². The molecule has 0 atom stereocenters. The van der Waals surface area contributed by atoms with E-state index < -0.39 is 5.97 Å². The Morgan fingerprint density at radius 1 is 1.41 bits per heavy atom. The molecule has 1 heterocycles. The molecular weight excluding hydrogens is 240 g/mol. The highest BCUT2D eigenvalue weighted by Crippen LogP contribution is 2.34. The minimum atomic E-state index is -1.14. The van der Waals surface area contributed by atoms with Gasteiger partial charge in [0.25, 0.3) is 0 Å². The average molecular weight is 246 g/mol. The predicted molar refractivity (Wildman–Crippen MR) is 63.3 cm³/mol. The first-order valence-corrected chi connectivity index (χ1v) is 5.38. The Balaban J connectivity index is 2.60. The molecule has 84 valence electrons. The van der Waals surface area contributed by atoms with Crippen LogP contribution in [0.25, 0.3) is 20.9 Å². The van der Waals surface area contributed by atoms with Crippen LogP contribution in [0.1, 0.15) is 10.5 Å². The quantitative estimate of drug-likeness (QED) is 0.510. The third kappa shape index (κ3) is 2.25. The number of thiazole rings is 1. The molecule has 0 aliphatic rings. The highest BCUT2D eigenvalue weighted by Gasteiger charge is 2.17. The summed E-state index contributed by atoms with van der Waals surface area (Å²) in [6.45, 7) is 0.